The summed E-state index contributed by atoms with van der Waals surface area (Å²) in [5, 5.41) is 0. The minimum atomic E-state index is -1.99. The summed E-state index contributed by atoms with van der Waals surface area (Å²) in [6.45, 7) is 0. The third-order valence-corrected chi connectivity index (χ3v) is 7.70. The van der Waals surface area contributed by atoms with Crippen molar-refractivity contribution in [2.24, 2.45) is 3.82 Å². The van der Waals surface area contributed by atoms with E-state index in [4.69, 9.17) is 5.53 Å². The van der Waals surface area contributed by atoms with Crippen molar-refractivity contribution < 1.29 is 0 Å². The summed E-state index contributed by atoms with van der Waals surface area (Å²) in [5.74, 6) is 0. The molecule has 0 amide bonds. The molecule has 4 heteroatoms. The molecule has 0 aliphatic rings. The van der Waals surface area contributed by atoms with Gasteiger partial charge < -0.3 is 0 Å². The van der Waals surface area contributed by atoms with Gasteiger partial charge in [0, 0.05) is 0 Å². The van der Waals surface area contributed by atoms with Crippen LogP contribution in [0.1, 0.15) is 11.1 Å². The standard InChI is InChI=1S/2C7H7.Ga.N3/c2*1-7-5-3-2-4-6-7;;1-3-2/h2*2-6H,1H2;;/q;;+1;-1. The fraction of sp³-hybridized carbons (Fsp3) is 0.143. The Labute approximate surface area is 112 Å². The van der Waals surface area contributed by atoms with Crippen molar-refractivity contribution in [2.45, 2.75) is 9.95 Å². The van der Waals surface area contributed by atoms with Crippen LogP contribution < -0.4 is 0 Å². The molecular weight excluding hydrogens is 280 g/mol. The first-order valence-electron chi connectivity index (χ1n) is 6.00. The normalized spacial score (nSPS) is 9.56. The third kappa shape index (κ3) is 4.00. The molecule has 0 aromatic heterocycles. The second-order valence-corrected chi connectivity index (χ2v) is 9.18. The molecule has 3 nitrogen and oxygen atoms in total. The van der Waals surface area contributed by atoms with Crippen LogP contribution in [0.5, 0.6) is 0 Å². The minimum absolute atomic E-state index is 0.965. The molecule has 0 radical (unpaired) electrons. The Bertz CT molecular complexity index is 480. The Morgan fingerprint density at radius 2 is 1.28 bits per heavy atom. The molecule has 0 fully saturated rings. The summed E-state index contributed by atoms with van der Waals surface area (Å²) in [5.41, 5.74) is 11.3. The quantitative estimate of drug-likeness (QED) is 0.348. The summed E-state index contributed by atoms with van der Waals surface area (Å²) in [7, 11) is 0. The molecule has 0 unspecified atom stereocenters. The Hall–Kier alpha value is -1.61. The van der Waals surface area contributed by atoms with Crippen LogP contribution in [0.2, 0.25) is 0 Å². The van der Waals surface area contributed by atoms with E-state index in [2.05, 4.69) is 33.0 Å². The second-order valence-electron chi connectivity index (χ2n) is 4.24. The van der Waals surface area contributed by atoms with Gasteiger partial charge in [0.2, 0.25) is 0 Å². The van der Waals surface area contributed by atoms with Gasteiger partial charge in [0.15, 0.2) is 0 Å². The van der Waals surface area contributed by atoms with Gasteiger partial charge in [-0.2, -0.15) is 0 Å². The van der Waals surface area contributed by atoms with Crippen molar-refractivity contribution in [1.82, 2.24) is 0 Å². The average molecular weight is 294 g/mol. The maximum atomic E-state index is 8.70. The molecule has 0 heterocycles. The molecule has 0 bridgehead atoms. The molecule has 2 aromatic carbocycles. The van der Waals surface area contributed by atoms with E-state index in [0.717, 1.165) is 9.95 Å². The summed E-state index contributed by atoms with van der Waals surface area (Å²) in [6.07, 6.45) is 0. The molecule has 0 spiro atoms. The monoisotopic (exact) mass is 293 g/mol. The first-order chi connectivity index (χ1) is 8.88. The zero-order chi connectivity index (χ0) is 12.6. The molecule has 0 aliphatic carbocycles. The van der Waals surface area contributed by atoms with E-state index < -0.39 is 16.5 Å². The second kappa shape index (κ2) is 6.96. The number of hydrogen-bond acceptors (Lipinski definition) is 1. The summed E-state index contributed by atoms with van der Waals surface area (Å²) in [4.78, 5) is 4.97. The molecule has 2 rings (SSSR count). The molecule has 0 saturated heterocycles. The summed E-state index contributed by atoms with van der Waals surface area (Å²) in [6, 6.07) is 20.6. The van der Waals surface area contributed by atoms with Gasteiger partial charge in [0.1, 0.15) is 0 Å². The van der Waals surface area contributed by atoms with Gasteiger partial charge in [-0.15, -0.1) is 0 Å². The Morgan fingerprint density at radius 3 is 1.67 bits per heavy atom. The maximum absolute atomic E-state index is 8.70. The zero-order valence-corrected chi connectivity index (χ0v) is 12.5. The van der Waals surface area contributed by atoms with Gasteiger partial charge in [-0.25, -0.2) is 0 Å². The van der Waals surface area contributed by atoms with Crippen LogP contribution in [-0.2, 0) is 9.95 Å². The summed E-state index contributed by atoms with van der Waals surface area (Å²) >= 11 is -1.99. The van der Waals surface area contributed by atoms with E-state index in [-0.39, 0.29) is 0 Å². The van der Waals surface area contributed by atoms with E-state index in [9.17, 15) is 0 Å². The van der Waals surface area contributed by atoms with E-state index in [1.54, 1.807) is 0 Å². The Balaban J connectivity index is 2.07. The van der Waals surface area contributed by atoms with Crippen LogP contribution in [0, 0.1) is 0 Å². The zero-order valence-electron chi connectivity index (χ0n) is 10.1. The van der Waals surface area contributed by atoms with Gasteiger partial charge in [-0.1, -0.05) is 0 Å². The van der Waals surface area contributed by atoms with Gasteiger partial charge in [0.25, 0.3) is 0 Å². The number of azide groups is 1. The van der Waals surface area contributed by atoms with E-state index in [1.165, 1.54) is 11.1 Å². The number of hydrogen-bond donors (Lipinski definition) is 0. The SMILES string of the molecule is [N-]=[N+]=[N][Ga]([CH2]c1ccccc1)[CH2]c1ccccc1. The van der Waals surface area contributed by atoms with E-state index in [0.29, 0.717) is 0 Å². The van der Waals surface area contributed by atoms with Gasteiger partial charge in [-0.3, -0.25) is 0 Å². The molecule has 0 saturated carbocycles. The number of nitrogens with zero attached hydrogens (tertiary/aromatic N) is 3. The van der Waals surface area contributed by atoms with Crippen LogP contribution in [-0.4, -0.2) is 16.5 Å². The predicted octanol–water partition coefficient (Wildman–Crippen LogP) is 3.85. The van der Waals surface area contributed by atoms with Crippen molar-refractivity contribution >= 4 is 16.5 Å². The van der Waals surface area contributed by atoms with Gasteiger partial charge in [-0.05, 0) is 0 Å². The average Bonchev–Trinajstić information content (AvgIpc) is 2.41. The number of benzene rings is 2. The third-order valence-electron chi connectivity index (χ3n) is 2.84. The fourth-order valence-electron chi connectivity index (χ4n) is 2.00. The van der Waals surface area contributed by atoms with E-state index in [1.807, 2.05) is 36.4 Å². The van der Waals surface area contributed by atoms with Crippen molar-refractivity contribution in [1.29, 1.82) is 0 Å². The van der Waals surface area contributed by atoms with Crippen LogP contribution >= 0.6 is 0 Å². The van der Waals surface area contributed by atoms with Crippen LogP contribution in [0.3, 0.4) is 0 Å². The first kappa shape index (κ1) is 12.8. The van der Waals surface area contributed by atoms with Crippen molar-refractivity contribution in [3.8, 4) is 0 Å². The van der Waals surface area contributed by atoms with Crippen molar-refractivity contribution in [3.05, 3.63) is 82.2 Å². The van der Waals surface area contributed by atoms with Crippen molar-refractivity contribution in [3.63, 3.8) is 0 Å². The molecule has 88 valence electrons. The van der Waals surface area contributed by atoms with Crippen LogP contribution in [0.15, 0.2) is 64.5 Å². The van der Waals surface area contributed by atoms with Crippen LogP contribution in [0.25, 0.3) is 10.4 Å². The predicted molar refractivity (Wildman–Crippen MR) is 75.2 cm³/mol. The topological polar surface area (TPSA) is 48.8 Å². The number of rotatable bonds is 5. The van der Waals surface area contributed by atoms with Crippen molar-refractivity contribution in [2.75, 3.05) is 0 Å². The van der Waals surface area contributed by atoms with Gasteiger partial charge in [0.05, 0.1) is 0 Å². The summed E-state index contributed by atoms with van der Waals surface area (Å²) < 4.78 is 4.08. The fourth-order valence-corrected chi connectivity index (χ4v) is 6.38. The molecule has 0 N–H and O–H groups in total. The molecule has 18 heavy (non-hydrogen) atoms. The molecule has 0 aliphatic heterocycles. The first-order valence-corrected chi connectivity index (χ1v) is 10.5. The van der Waals surface area contributed by atoms with Gasteiger partial charge >= 0.3 is 112 Å². The Morgan fingerprint density at radius 1 is 0.833 bits per heavy atom. The molecule has 2 aromatic rings. The van der Waals surface area contributed by atoms with E-state index >= 15 is 0 Å². The molecular formula is C14H14GaN3. The Kier molecular flexibility index (Phi) is 4.96. The van der Waals surface area contributed by atoms with Crippen LogP contribution in [0.4, 0.5) is 0 Å². The molecule has 0 atom stereocenters.